The molecule has 0 spiro atoms. The molecule has 0 aliphatic carbocycles. The van der Waals surface area contributed by atoms with Crippen molar-refractivity contribution in [2.24, 2.45) is 0 Å². The predicted molar refractivity (Wildman–Crippen MR) is 79.0 cm³/mol. The third-order valence-corrected chi connectivity index (χ3v) is 3.33. The number of hydrogen-bond donors (Lipinski definition) is 1. The summed E-state index contributed by atoms with van der Waals surface area (Å²) in [5.41, 5.74) is 1.55. The Morgan fingerprint density at radius 1 is 1.16 bits per heavy atom. The zero-order chi connectivity index (χ0) is 13.7. The molecule has 0 aromatic heterocycles. The normalized spacial score (nSPS) is 10.3. The van der Waals surface area contributed by atoms with Crippen LogP contribution in [-0.4, -0.2) is 6.61 Å². The van der Waals surface area contributed by atoms with Crippen molar-refractivity contribution in [1.82, 2.24) is 0 Å². The van der Waals surface area contributed by atoms with Gasteiger partial charge in [0.15, 0.2) is 0 Å². The van der Waals surface area contributed by atoms with Gasteiger partial charge in [-0.2, -0.15) is 0 Å². The minimum atomic E-state index is -0.264. The van der Waals surface area contributed by atoms with Crippen molar-refractivity contribution in [3.8, 4) is 5.75 Å². The minimum Gasteiger partial charge on any atom is -0.494 e. The molecule has 0 saturated carbocycles. The lowest BCUT2D eigenvalue weighted by Gasteiger charge is -2.10. The van der Waals surface area contributed by atoms with E-state index in [1.54, 1.807) is 6.07 Å². The molecule has 4 heteroatoms. The molecule has 0 aliphatic heterocycles. The van der Waals surface area contributed by atoms with Crippen LogP contribution >= 0.6 is 15.9 Å². The number of benzene rings is 2. The minimum absolute atomic E-state index is 0.264. The first kappa shape index (κ1) is 13.9. The molecule has 0 unspecified atom stereocenters. The number of hydrogen-bond acceptors (Lipinski definition) is 2. The topological polar surface area (TPSA) is 21.3 Å². The van der Waals surface area contributed by atoms with E-state index in [1.165, 1.54) is 6.07 Å². The van der Waals surface area contributed by atoms with Gasteiger partial charge < -0.3 is 10.1 Å². The largest absolute Gasteiger partial charge is 0.494 e. The Balaban J connectivity index is 2.02. The zero-order valence-electron chi connectivity index (χ0n) is 10.6. The summed E-state index contributed by atoms with van der Waals surface area (Å²) in [7, 11) is 0. The Labute approximate surface area is 120 Å². The summed E-state index contributed by atoms with van der Waals surface area (Å²) in [4.78, 5) is 0. The fourth-order valence-electron chi connectivity index (χ4n) is 1.73. The van der Waals surface area contributed by atoms with E-state index < -0.39 is 0 Å². The Kier molecular flexibility index (Phi) is 4.80. The first-order valence-electron chi connectivity index (χ1n) is 6.10. The van der Waals surface area contributed by atoms with Gasteiger partial charge in [0.1, 0.15) is 11.6 Å². The summed E-state index contributed by atoms with van der Waals surface area (Å²) in [6.45, 7) is 3.16. The van der Waals surface area contributed by atoms with E-state index in [1.807, 2.05) is 37.3 Å². The SMILES string of the molecule is CCOc1ccc(CNc2c(F)cccc2Br)cc1. The van der Waals surface area contributed by atoms with Gasteiger partial charge in [-0.25, -0.2) is 4.39 Å². The summed E-state index contributed by atoms with van der Waals surface area (Å²) in [5, 5.41) is 3.09. The zero-order valence-corrected chi connectivity index (χ0v) is 12.2. The van der Waals surface area contributed by atoms with E-state index in [-0.39, 0.29) is 5.82 Å². The van der Waals surface area contributed by atoms with Gasteiger partial charge in [-0.1, -0.05) is 18.2 Å². The second kappa shape index (κ2) is 6.57. The third kappa shape index (κ3) is 3.70. The number of nitrogens with one attached hydrogen (secondary N) is 1. The van der Waals surface area contributed by atoms with Crippen molar-refractivity contribution < 1.29 is 9.13 Å². The van der Waals surface area contributed by atoms with Gasteiger partial charge in [-0.15, -0.1) is 0 Å². The average Bonchev–Trinajstić information content (AvgIpc) is 2.40. The molecule has 2 aromatic rings. The summed E-state index contributed by atoms with van der Waals surface area (Å²) in [6, 6.07) is 12.7. The van der Waals surface area contributed by atoms with Gasteiger partial charge in [0.05, 0.1) is 12.3 Å². The van der Waals surface area contributed by atoms with Crippen LogP contribution in [0.1, 0.15) is 12.5 Å². The van der Waals surface area contributed by atoms with Crippen molar-refractivity contribution in [3.63, 3.8) is 0 Å². The van der Waals surface area contributed by atoms with E-state index in [0.717, 1.165) is 15.8 Å². The molecule has 0 heterocycles. The average molecular weight is 324 g/mol. The van der Waals surface area contributed by atoms with Crippen molar-refractivity contribution >= 4 is 21.6 Å². The monoisotopic (exact) mass is 323 g/mol. The number of rotatable bonds is 5. The summed E-state index contributed by atoms with van der Waals surface area (Å²) in [5.74, 6) is 0.582. The Morgan fingerprint density at radius 2 is 1.89 bits per heavy atom. The van der Waals surface area contributed by atoms with E-state index in [9.17, 15) is 4.39 Å². The van der Waals surface area contributed by atoms with Crippen LogP contribution in [0.5, 0.6) is 5.75 Å². The highest BCUT2D eigenvalue weighted by molar-refractivity contribution is 9.10. The van der Waals surface area contributed by atoms with Crippen LogP contribution in [0.2, 0.25) is 0 Å². The van der Waals surface area contributed by atoms with E-state index in [0.29, 0.717) is 18.8 Å². The maximum Gasteiger partial charge on any atom is 0.147 e. The van der Waals surface area contributed by atoms with Crippen LogP contribution < -0.4 is 10.1 Å². The van der Waals surface area contributed by atoms with Crippen molar-refractivity contribution in [2.75, 3.05) is 11.9 Å². The first-order chi connectivity index (χ1) is 9.20. The van der Waals surface area contributed by atoms with Crippen LogP contribution in [0.25, 0.3) is 0 Å². The summed E-state index contributed by atoms with van der Waals surface area (Å²) < 4.78 is 19.7. The quantitative estimate of drug-likeness (QED) is 0.868. The van der Waals surface area contributed by atoms with E-state index in [2.05, 4.69) is 21.2 Å². The standard InChI is InChI=1S/C15H15BrFNO/c1-2-19-12-8-6-11(7-9-12)10-18-15-13(16)4-3-5-14(15)17/h3-9,18H,2,10H2,1H3. The molecule has 2 aromatic carbocycles. The van der Waals surface area contributed by atoms with Gasteiger partial charge in [-0.05, 0) is 52.7 Å². The molecule has 0 radical (unpaired) electrons. The second-order valence-electron chi connectivity index (χ2n) is 4.03. The van der Waals surface area contributed by atoms with Crippen LogP contribution in [0, 0.1) is 5.82 Å². The fourth-order valence-corrected chi connectivity index (χ4v) is 2.21. The molecule has 1 N–H and O–H groups in total. The smallest absolute Gasteiger partial charge is 0.147 e. The maximum atomic E-state index is 13.6. The Hall–Kier alpha value is -1.55. The molecule has 2 rings (SSSR count). The number of anilines is 1. The molecule has 0 saturated heterocycles. The molecule has 0 amide bonds. The predicted octanol–water partition coefficient (Wildman–Crippen LogP) is 4.60. The maximum absolute atomic E-state index is 13.6. The van der Waals surface area contributed by atoms with Gasteiger partial charge in [0.25, 0.3) is 0 Å². The molecule has 0 aliphatic rings. The van der Waals surface area contributed by atoms with Crippen LogP contribution in [0.3, 0.4) is 0 Å². The highest BCUT2D eigenvalue weighted by Gasteiger charge is 2.05. The van der Waals surface area contributed by atoms with Gasteiger partial charge >= 0.3 is 0 Å². The molecule has 100 valence electrons. The third-order valence-electron chi connectivity index (χ3n) is 2.67. The first-order valence-corrected chi connectivity index (χ1v) is 6.89. The van der Waals surface area contributed by atoms with Gasteiger partial charge in [0, 0.05) is 11.0 Å². The van der Waals surface area contributed by atoms with Gasteiger partial charge in [-0.3, -0.25) is 0 Å². The number of ether oxygens (including phenoxy) is 1. The number of halogens is 2. The van der Waals surface area contributed by atoms with E-state index >= 15 is 0 Å². The highest BCUT2D eigenvalue weighted by Crippen LogP contribution is 2.25. The van der Waals surface area contributed by atoms with Crippen molar-refractivity contribution in [1.29, 1.82) is 0 Å². The highest BCUT2D eigenvalue weighted by atomic mass is 79.9. The van der Waals surface area contributed by atoms with Crippen LogP contribution in [0.15, 0.2) is 46.9 Å². The molecular weight excluding hydrogens is 309 g/mol. The molecular formula is C15H15BrFNO. The molecule has 2 nitrogen and oxygen atoms in total. The summed E-state index contributed by atoms with van der Waals surface area (Å²) >= 11 is 3.33. The van der Waals surface area contributed by atoms with Crippen molar-refractivity contribution in [3.05, 3.63) is 58.3 Å². The van der Waals surface area contributed by atoms with Gasteiger partial charge in [0.2, 0.25) is 0 Å². The Morgan fingerprint density at radius 3 is 2.53 bits per heavy atom. The number of para-hydroxylation sites is 1. The second-order valence-corrected chi connectivity index (χ2v) is 4.88. The molecule has 0 atom stereocenters. The van der Waals surface area contributed by atoms with Crippen LogP contribution in [0.4, 0.5) is 10.1 Å². The lowest BCUT2D eigenvalue weighted by molar-refractivity contribution is 0.340. The van der Waals surface area contributed by atoms with Crippen LogP contribution in [-0.2, 0) is 6.54 Å². The van der Waals surface area contributed by atoms with E-state index in [4.69, 9.17) is 4.74 Å². The Bertz CT molecular complexity index is 522. The van der Waals surface area contributed by atoms with Crippen molar-refractivity contribution in [2.45, 2.75) is 13.5 Å². The summed E-state index contributed by atoms with van der Waals surface area (Å²) in [6.07, 6.45) is 0. The lowest BCUT2D eigenvalue weighted by atomic mass is 10.2. The molecule has 19 heavy (non-hydrogen) atoms. The molecule has 0 fully saturated rings. The lowest BCUT2D eigenvalue weighted by Crippen LogP contribution is -2.02. The molecule has 0 bridgehead atoms. The fraction of sp³-hybridized carbons (Fsp3) is 0.200.